The molecular formula is C29H33N5O5. The molecule has 0 aliphatic carbocycles. The van der Waals surface area contributed by atoms with Gasteiger partial charge in [-0.15, -0.1) is 0 Å². The highest BCUT2D eigenvalue weighted by Crippen LogP contribution is 2.36. The maximum atomic E-state index is 13.2. The van der Waals surface area contributed by atoms with E-state index in [1.54, 1.807) is 29.3 Å². The molecule has 0 radical (unpaired) electrons. The lowest BCUT2D eigenvalue weighted by Crippen LogP contribution is -2.49. The maximum absolute atomic E-state index is 13.2. The fraction of sp³-hybridized carbons (Fsp3) is 0.414. The van der Waals surface area contributed by atoms with Gasteiger partial charge < -0.3 is 24.3 Å². The molecule has 1 N–H and O–H groups in total. The molecule has 10 nitrogen and oxygen atoms in total. The molecule has 2 aliphatic heterocycles. The Balaban J connectivity index is 1.36. The molecule has 39 heavy (non-hydrogen) atoms. The first-order valence-corrected chi connectivity index (χ1v) is 13.3. The third kappa shape index (κ3) is 6.10. The van der Waals surface area contributed by atoms with Gasteiger partial charge in [-0.2, -0.15) is 0 Å². The van der Waals surface area contributed by atoms with E-state index in [9.17, 15) is 14.4 Å². The Labute approximate surface area is 227 Å². The van der Waals surface area contributed by atoms with Crippen molar-refractivity contribution in [1.29, 1.82) is 0 Å². The van der Waals surface area contributed by atoms with Crippen LogP contribution in [-0.2, 0) is 0 Å². The van der Waals surface area contributed by atoms with Crippen molar-refractivity contribution in [3.05, 3.63) is 77.8 Å². The number of hydrogen-bond acceptors (Lipinski definition) is 7. The molecule has 5 rings (SSSR count). The Bertz CT molecular complexity index is 1320. The summed E-state index contributed by atoms with van der Waals surface area (Å²) in [7, 11) is 0. The van der Waals surface area contributed by atoms with Gasteiger partial charge in [0.2, 0.25) is 0 Å². The van der Waals surface area contributed by atoms with E-state index in [-0.39, 0.29) is 28.8 Å². The Morgan fingerprint density at radius 2 is 1.67 bits per heavy atom. The van der Waals surface area contributed by atoms with E-state index in [2.05, 4.69) is 15.3 Å². The van der Waals surface area contributed by atoms with E-state index in [1.165, 1.54) is 12.7 Å². The molecule has 1 saturated heterocycles. The number of rotatable bonds is 2. The van der Waals surface area contributed by atoms with Gasteiger partial charge in [0.15, 0.2) is 12.1 Å². The van der Waals surface area contributed by atoms with Gasteiger partial charge in [0.05, 0.1) is 12.2 Å². The molecule has 1 fully saturated rings. The van der Waals surface area contributed by atoms with Crippen LogP contribution in [0, 0.1) is 12.3 Å². The summed E-state index contributed by atoms with van der Waals surface area (Å²) in [5.41, 5.74) is 1.88. The first kappa shape index (κ1) is 26.4. The zero-order valence-electron chi connectivity index (χ0n) is 22.1. The number of likely N-dealkylation sites (tertiary alicyclic amines) is 1. The van der Waals surface area contributed by atoms with Crippen LogP contribution in [0.2, 0.25) is 0 Å². The number of ether oxygens (including phenoxy) is 1. The summed E-state index contributed by atoms with van der Waals surface area (Å²) in [5, 5.41) is 3.13. The Morgan fingerprint density at radius 1 is 0.949 bits per heavy atom. The Morgan fingerprint density at radius 3 is 2.38 bits per heavy atom. The van der Waals surface area contributed by atoms with Crippen LogP contribution in [0.25, 0.3) is 0 Å². The first-order valence-electron chi connectivity index (χ1n) is 13.3. The normalized spacial score (nSPS) is 18.1. The van der Waals surface area contributed by atoms with Gasteiger partial charge in [-0.1, -0.05) is 12.1 Å². The molecular weight excluding hydrogens is 498 g/mol. The minimum absolute atomic E-state index is 0.0869. The monoisotopic (exact) mass is 531 g/mol. The summed E-state index contributed by atoms with van der Waals surface area (Å²) in [5.74, 6) is 0.0402. The molecule has 0 unspecified atom stereocenters. The standard InChI is InChI=1S/C29H33N5O5/c1-21-7-11-30-23(17-21)27(36)34-14-9-29(10-15-34)8-13-33(28(37)24-18-38-20-32-24)12-4-16-39-25-6-3-2-5-22(25)26(35)31-19-29/h2-3,5-7,11,17-18,20H,4,8-10,12-16,19H2,1H3,(H,31,35). The molecule has 204 valence electrons. The van der Waals surface area contributed by atoms with E-state index >= 15 is 0 Å². The molecule has 1 aromatic carbocycles. The van der Waals surface area contributed by atoms with Crippen LogP contribution in [0.3, 0.4) is 0 Å². The fourth-order valence-electron chi connectivity index (χ4n) is 5.26. The Kier molecular flexibility index (Phi) is 7.90. The number of nitrogens with one attached hydrogen (secondary N) is 1. The number of carbonyl (C=O) groups is 3. The number of aromatic nitrogens is 2. The van der Waals surface area contributed by atoms with E-state index in [0.717, 1.165) is 5.56 Å². The lowest BCUT2D eigenvalue weighted by atomic mass is 9.75. The van der Waals surface area contributed by atoms with E-state index in [1.807, 2.05) is 30.0 Å². The molecule has 0 bridgehead atoms. The summed E-state index contributed by atoms with van der Waals surface area (Å²) in [6, 6.07) is 10.9. The number of pyridine rings is 1. The maximum Gasteiger partial charge on any atom is 0.275 e. The average molecular weight is 532 g/mol. The molecule has 0 atom stereocenters. The van der Waals surface area contributed by atoms with Crippen LogP contribution in [0.15, 0.2) is 59.7 Å². The summed E-state index contributed by atoms with van der Waals surface area (Å²) >= 11 is 0. The molecule has 3 aromatic rings. The number of amides is 3. The van der Waals surface area contributed by atoms with Crippen molar-refractivity contribution in [2.24, 2.45) is 5.41 Å². The summed E-state index contributed by atoms with van der Waals surface area (Å²) in [6.07, 6.45) is 6.91. The minimum atomic E-state index is -0.293. The molecule has 10 heteroatoms. The number of oxazole rings is 1. The smallest absolute Gasteiger partial charge is 0.275 e. The number of fused-ring (bicyclic) bond motifs is 1. The van der Waals surface area contributed by atoms with Crippen LogP contribution in [0.5, 0.6) is 5.75 Å². The quantitative estimate of drug-likeness (QED) is 0.539. The summed E-state index contributed by atoms with van der Waals surface area (Å²) < 4.78 is 11.0. The van der Waals surface area contributed by atoms with Gasteiger partial charge in [-0.25, -0.2) is 4.98 Å². The Hall–Kier alpha value is -4.21. The van der Waals surface area contributed by atoms with Crippen LogP contribution < -0.4 is 10.1 Å². The third-order valence-corrected chi connectivity index (χ3v) is 7.68. The molecule has 2 aliphatic rings. The van der Waals surface area contributed by atoms with Gasteiger partial charge in [0.25, 0.3) is 17.7 Å². The van der Waals surface area contributed by atoms with Crippen LogP contribution in [-0.4, -0.2) is 76.8 Å². The highest BCUT2D eigenvalue weighted by Gasteiger charge is 2.38. The van der Waals surface area contributed by atoms with Gasteiger partial charge in [0.1, 0.15) is 17.7 Å². The highest BCUT2D eigenvalue weighted by atomic mass is 16.5. The van der Waals surface area contributed by atoms with Crippen LogP contribution in [0.1, 0.15) is 62.6 Å². The SMILES string of the molecule is Cc1ccnc(C(=O)N2CCC3(CCN(C(=O)c4cocn4)CCCOc4ccccc4C(=O)NC3)CC2)c1. The molecule has 2 aromatic heterocycles. The second kappa shape index (κ2) is 11.7. The fourth-order valence-corrected chi connectivity index (χ4v) is 5.26. The van der Waals surface area contributed by atoms with Crippen molar-refractivity contribution in [3.63, 3.8) is 0 Å². The minimum Gasteiger partial charge on any atom is -0.493 e. The molecule has 1 spiro atoms. The van der Waals surface area contributed by atoms with Gasteiger partial charge in [-0.05, 0) is 67.9 Å². The highest BCUT2D eigenvalue weighted by molar-refractivity contribution is 5.97. The number of hydrogen-bond donors (Lipinski definition) is 1. The molecule has 3 amide bonds. The van der Waals surface area contributed by atoms with E-state index < -0.39 is 0 Å². The lowest BCUT2D eigenvalue weighted by molar-refractivity contribution is 0.0487. The van der Waals surface area contributed by atoms with Crippen molar-refractivity contribution >= 4 is 17.7 Å². The third-order valence-electron chi connectivity index (χ3n) is 7.68. The second-order valence-electron chi connectivity index (χ2n) is 10.3. The van der Waals surface area contributed by atoms with Gasteiger partial charge in [-0.3, -0.25) is 19.4 Å². The van der Waals surface area contributed by atoms with Crippen molar-refractivity contribution < 1.29 is 23.5 Å². The van der Waals surface area contributed by atoms with E-state index in [0.29, 0.717) is 82.0 Å². The zero-order chi connectivity index (χ0) is 27.2. The number of benzene rings is 1. The van der Waals surface area contributed by atoms with Crippen molar-refractivity contribution in [2.75, 3.05) is 39.3 Å². The summed E-state index contributed by atoms with van der Waals surface area (Å²) in [6.45, 7) is 4.78. The van der Waals surface area contributed by atoms with Gasteiger partial charge >= 0.3 is 0 Å². The number of para-hydroxylation sites is 1. The first-order chi connectivity index (χ1) is 18.9. The number of aryl methyl sites for hydroxylation is 1. The molecule has 4 heterocycles. The van der Waals surface area contributed by atoms with E-state index in [4.69, 9.17) is 9.15 Å². The van der Waals surface area contributed by atoms with Crippen LogP contribution >= 0.6 is 0 Å². The average Bonchev–Trinajstić information content (AvgIpc) is 3.50. The van der Waals surface area contributed by atoms with Crippen molar-refractivity contribution in [2.45, 2.75) is 32.6 Å². The van der Waals surface area contributed by atoms with Crippen LogP contribution in [0.4, 0.5) is 0 Å². The number of piperidine rings is 1. The predicted octanol–water partition coefficient (Wildman–Crippen LogP) is 3.35. The van der Waals surface area contributed by atoms with Crippen molar-refractivity contribution in [1.82, 2.24) is 25.1 Å². The molecule has 0 saturated carbocycles. The predicted molar refractivity (Wildman–Crippen MR) is 142 cm³/mol. The second-order valence-corrected chi connectivity index (χ2v) is 10.3. The lowest BCUT2D eigenvalue weighted by Gasteiger charge is -2.43. The summed E-state index contributed by atoms with van der Waals surface area (Å²) in [4.78, 5) is 51.5. The zero-order valence-corrected chi connectivity index (χ0v) is 22.1. The largest absolute Gasteiger partial charge is 0.493 e. The van der Waals surface area contributed by atoms with Crippen molar-refractivity contribution in [3.8, 4) is 5.75 Å². The number of carbonyl (C=O) groups excluding carboxylic acids is 3. The topological polar surface area (TPSA) is 118 Å². The number of nitrogens with zero attached hydrogens (tertiary/aromatic N) is 4. The van der Waals surface area contributed by atoms with Gasteiger partial charge in [0, 0.05) is 38.9 Å².